The van der Waals surface area contributed by atoms with E-state index in [4.69, 9.17) is 0 Å². The Morgan fingerprint density at radius 2 is 1.50 bits per heavy atom. The molecule has 0 spiro atoms. The molecule has 0 radical (unpaired) electrons. The van der Waals surface area contributed by atoms with Crippen molar-refractivity contribution in [1.29, 1.82) is 0 Å². The average Bonchev–Trinajstić information content (AvgIpc) is 2.39. The van der Waals surface area contributed by atoms with E-state index in [1.807, 2.05) is 9.80 Å². The third-order valence-electron chi connectivity index (χ3n) is 3.12. The topological polar surface area (TPSA) is 55.9 Å². The van der Waals surface area contributed by atoms with Crippen LogP contribution < -0.4 is 5.32 Å². The molecule has 0 saturated carbocycles. The van der Waals surface area contributed by atoms with Crippen LogP contribution in [0.3, 0.4) is 0 Å². The molecule has 6 nitrogen and oxygen atoms in total. The lowest BCUT2D eigenvalue weighted by molar-refractivity contribution is -0.119. The number of rotatable bonds is 1. The molecule has 6 heteroatoms. The third-order valence-corrected chi connectivity index (χ3v) is 3.12. The van der Waals surface area contributed by atoms with Crippen molar-refractivity contribution in [3.05, 3.63) is 0 Å². The molecule has 0 atom stereocenters. The molecule has 0 aromatic rings. The Bertz CT molecular complexity index is 258. The Morgan fingerprint density at radius 3 is 2.06 bits per heavy atom. The molecule has 0 aliphatic carbocycles. The number of nitrogens with zero attached hydrogens (tertiary/aromatic N) is 3. The van der Waals surface area contributed by atoms with Gasteiger partial charge in [0.05, 0.1) is 0 Å². The van der Waals surface area contributed by atoms with Gasteiger partial charge < -0.3 is 20.0 Å². The monoisotopic (exact) mass is 226 g/mol. The standard InChI is InChI=1S/C10H18N4O2/c15-9-12-5-7-14(8-6-12)10(16)13-3-1-11-2-4-13/h9,11H,1-8H2. The lowest BCUT2D eigenvalue weighted by atomic mass is 10.3. The average molecular weight is 226 g/mol. The number of hydrogen-bond donors (Lipinski definition) is 1. The van der Waals surface area contributed by atoms with Gasteiger partial charge in [0.2, 0.25) is 6.41 Å². The number of hydrogen-bond acceptors (Lipinski definition) is 3. The summed E-state index contributed by atoms with van der Waals surface area (Å²) in [6.07, 6.45) is 0.854. The minimum absolute atomic E-state index is 0.118. The molecule has 0 aromatic heterocycles. The molecule has 2 heterocycles. The number of piperazine rings is 2. The van der Waals surface area contributed by atoms with E-state index in [2.05, 4.69) is 5.32 Å². The molecule has 90 valence electrons. The van der Waals surface area contributed by atoms with E-state index < -0.39 is 0 Å². The van der Waals surface area contributed by atoms with Gasteiger partial charge in [-0.1, -0.05) is 0 Å². The summed E-state index contributed by atoms with van der Waals surface area (Å²) in [5.74, 6) is 0. The van der Waals surface area contributed by atoms with Crippen LogP contribution in [0.4, 0.5) is 4.79 Å². The van der Waals surface area contributed by atoms with Gasteiger partial charge in [0, 0.05) is 52.4 Å². The molecular weight excluding hydrogens is 208 g/mol. The van der Waals surface area contributed by atoms with Gasteiger partial charge in [-0.25, -0.2) is 4.79 Å². The summed E-state index contributed by atoms with van der Waals surface area (Å²) in [5.41, 5.74) is 0. The van der Waals surface area contributed by atoms with Crippen molar-refractivity contribution in [2.75, 3.05) is 52.4 Å². The summed E-state index contributed by atoms with van der Waals surface area (Å²) in [5, 5.41) is 3.22. The van der Waals surface area contributed by atoms with E-state index in [1.54, 1.807) is 4.90 Å². The van der Waals surface area contributed by atoms with Crippen molar-refractivity contribution in [2.45, 2.75) is 0 Å². The third kappa shape index (κ3) is 2.44. The molecular formula is C10H18N4O2. The van der Waals surface area contributed by atoms with Crippen LogP contribution in [0, 0.1) is 0 Å². The number of carbonyl (C=O) groups excluding carboxylic acids is 2. The van der Waals surface area contributed by atoms with Gasteiger partial charge in [-0.3, -0.25) is 4.79 Å². The second-order valence-electron chi connectivity index (χ2n) is 4.15. The Morgan fingerprint density at radius 1 is 0.938 bits per heavy atom. The summed E-state index contributed by atoms with van der Waals surface area (Å²) < 4.78 is 0. The summed E-state index contributed by atoms with van der Waals surface area (Å²) in [4.78, 5) is 28.0. The van der Waals surface area contributed by atoms with Crippen LogP contribution in [-0.2, 0) is 4.79 Å². The van der Waals surface area contributed by atoms with Crippen molar-refractivity contribution >= 4 is 12.4 Å². The first-order chi connectivity index (χ1) is 7.81. The zero-order chi connectivity index (χ0) is 11.4. The van der Waals surface area contributed by atoms with Crippen LogP contribution in [0.25, 0.3) is 0 Å². The first-order valence-electron chi connectivity index (χ1n) is 5.75. The highest BCUT2D eigenvalue weighted by Crippen LogP contribution is 2.05. The molecule has 2 aliphatic rings. The van der Waals surface area contributed by atoms with Crippen molar-refractivity contribution < 1.29 is 9.59 Å². The maximum Gasteiger partial charge on any atom is 0.320 e. The summed E-state index contributed by atoms with van der Waals surface area (Å²) in [6, 6.07) is 0.118. The quantitative estimate of drug-likeness (QED) is 0.571. The number of nitrogens with one attached hydrogen (secondary N) is 1. The molecule has 2 fully saturated rings. The molecule has 0 bridgehead atoms. The molecule has 16 heavy (non-hydrogen) atoms. The Balaban J connectivity index is 1.83. The van der Waals surface area contributed by atoms with Gasteiger partial charge in [0.1, 0.15) is 0 Å². The molecule has 0 unspecified atom stereocenters. The van der Waals surface area contributed by atoms with Crippen LogP contribution in [0.15, 0.2) is 0 Å². The normalized spacial score (nSPS) is 22.1. The highest BCUT2D eigenvalue weighted by Gasteiger charge is 2.25. The Kier molecular flexibility index (Phi) is 3.61. The minimum atomic E-state index is 0.118. The minimum Gasteiger partial charge on any atom is -0.342 e. The summed E-state index contributed by atoms with van der Waals surface area (Å²) in [6.45, 7) is 5.94. The largest absolute Gasteiger partial charge is 0.342 e. The van der Waals surface area contributed by atoms with Crippen LogP contribution >= 0.6 is 0 Å². The van der Waals surface area contributed by atoms with E-state index in [-0.39, 0.29) is 6.03 Å². The van der Waals surface area contributed by atoms with Crippen LogP contribution in [-0.4, -0.2) is 79.5 Å². The lowest BCUT2D eigenvalue weighted by Gasteiger charge is -2.37. The smallest absolute Gasteiger partial charge is 0.320 e. The first kappa shape index (κ1) is 11.2. The van der Waals surface area contributed by atoms with E-state index in [0.717, 1.165) is 32.6 Å². The maximum absolute atomic E-state index is 12.1. The van der Waals surface area contributed by atoms with Gasteiger partial charge in [-0.15, -0.1) is 0 Å². The molecule has 1 N–H and O–H groups in total. The molecule has 2 aliphatic heterocycles. The SMILES string of the molecule is O=CN1CCN(C(=O)N2CCNCC2)CC1. The first-order valence-corrected chi connectivity index (χ1v) is 5.75. The Hall–Kier alpha value is -1.30. The fourth-order valence-corrected chi connectivity index (χ4v) is 2.07. The fraction of sp³-hybridized carbons (Fsp3) is 0.800. The number of amides is 3. The van der Waals surface area contributed by atoms with E-state index in [0.29, 0.717) is 26.2 Å². The van der Waals surface area contributed by atoms with E-state index >= 15 is 0 Å². The molecule has 0 aromatic carbocycles. The zero-order valence-corrected chi connectivity index (χ0v) is 9.39. The van der Waals surface area contributed by atoms with Gasteiger partial charge in [0.15, 0.2) is 0 Å². The van der Waals surface area contributed by atoms with Crippen molar-refractivity contribution in [1.82, 2.24) is 20.0 Å². The highest BCUT2D eigenvalue weighted by atomic mass is 16.2. The molecule has 2 rings (SSSR count). The predicted octanol–water partition coefficient (Wildman–Crippen LogP) is -1.21. The molecule has 3 amide bonds. The lowest BCUT2D eigenvalue weighted by Crippen LogP contribution is -2.56. The summed E-state index contributed by atoms with van der Waals surface area (Å²) in [7, 11) is 0. The number of urea groups is 1. The van der Waals surface area contributed by atoms with Gasteiger partial charge in [0.25, 0.3) is 0 Å². The second kappa shape index (κ2) is 5.16. The van der Waals surface area contributed by atoms with E-state index in [1.165, 1.54) is 0 Å². The summed E-state index contributed by atoms with van der Waals surface area (Å²) >= 11 is 0. The second-order valence-corrected chi connectivity index (χ2v) is 4.15. The van der Waals surface area contributed by atoms with Gasteiger partial charge in [-0.05, 0) is 0 Å². The highest BCUT2D eigenvalue weighted by molar-refractivity contribution is 5.74. The molecule has 2 saturated heterocycles. The van der Waals surface area contributed by atoms with Crippen molar-refractivity contribution in [3.8, 4) is 0 Å². The van der Waals surface area contributed by atoms with Crippen LogP contribution in [0.1, 0.15) is 0 Å². The van der Waals surface area contributed by atoms with Crippen LogP contribution in [0.2, 0.25) is 0 Å². The van der Waals surface area contributed by atoms with Crippen molar-refractivity contribution in [2.24, 2.45) is 0 Å². The van der Waals surface area contributed by atoms with Gasteiger partial charge in [-0.2, -0.15) is 0 Å². The predicted molar refractivity (Wildman–Crippen MR) is 59.0 cm³/mol. The maximum atomic E-state index is 12.1. The number of carbonyl (C=O) groups is 2. The van der Waals surface area contributed by atoms with Crippen LogP contribution in [0.5, 0.6) is 0 Å². The zero-order valence-electron chi connectivity index (χ0n) is 9.39. The van der Waals surface area contributed by atoms with Gasteiger partial charge >= 0.3 is 6.03 Å². The Labute approximate surface area is 95.2 Å². The van der Waals surface area contributed by atoms with Crippen molar-refractivity contribution in [3.63, 3.8) is 0 Å². The van der Waals surface area contributed by atoms with E-state index in [9.17, 15) is 9.59 Å². The fourth-order valence-electron chi connectivity index (χ4n) is 2.07.